The molecule has 3 aliphatic carbocycles. The van der Waals surface area contributed by atoms with Crippen LogP contribution in [0.5, 0.6) is 0 Å². The molecule has 3 nitrogen and oxygen atoms in total. The van der Waals surface area contributed by atoms with Gasteiger partial charge >= 0.3 is 0 Å². The fourth-order valence-corrected chi connectivity index (χ4v) is 8.16. The summed E-state index contributed by atoms with van der Waals surface area (Å²) in [4.78, 5) is 0. The van der Waals surface area contributed by atoms with Crippen LogP contribution in [-0.4, -0.2) is 28.5 Å². The van der Waals surface area contributed by atoms with Crippen molar-refractivity contribution >= 4 is 0 Å². The van der Waals surface area contributed by atoms with Crippen molar-refractivity contribution in [2.45, 2.75) is 117 Å². The largest absolute Gasteiger partial charge is 0.394 e. The first-order chi connectivity index (χ1) is 13.6. The molecule has 3 saturated carbocycles. The highest BCUT2D eigenvalue weighted by atomic mass is 16.3. The molecule has 8 unspecified atom stereocenters. The summed E-state index contributed by atoms with van der Waals surface area (Å²) >= 11 is 0. The van der Waals surface area contributed by atoms with Crippen molar-refractivity contribution in [1.82, 2.24) is 0 Å². The maximum absolute atomic E-state index is 10.7. The van der Waals surface area contributed by atoms with Gasteiger partial charge in [0.15, 0.2) is 0 Å². The van der Waals surface area contributed by atoms with Gasteiger partial charge in [-0.05, 0) is 91.8 Å². The van der Waals surface area contributed by atoms with E-state index in [9.17, 15) is 10.2 Å². The van der Waals surface area contributed by atoms with Crippen LogP contribution in [-0.2, 0) is 0 Å². The van der Waals surface area contributed by atoms with Crippen molar-refractivity contribution in [3.8, 4) is 0 Å². The van der Waals surface area contributed by atoms with Gasteiger partial charge in [-0.3, -0.25) is 0 Å². The molecule has 0 saturated heterocycles. The molecule has 29 heavy (non-hydrogen) atoms. The lowest BCUT2D eigenvalue weighted by Gasteiger charge is -2.61. The first-order valence-corrected chi connectivity index (χ1v) is 12.7. The van der Waals surface area contributed by atoms with E-state index in [1.807, 2.05) is 0 Å². The zero-order valence-corrected chi connectivity index (χ0v) is 19.9. The van der Waals surface area contributed by atoms with Crippen LogP contribution < -0.4 is 5.73 Å². The van der Waals surface area contributed by atoms with Crippen LogP contribution in [0.2, 0.25) is 0 Å². The second-order valence-electron chi connectivity index (χ2n) is 12.2. The summed E-state index contributed by atoms with van der Waals surface area (Å²) in [5.74, 6) is 2.84. The van der Waals surface area contributed by atoms with Gasteiger partial charge in [0.05, 0.1) is 12.7 Å². The van der Waals surface area contributed by atoms with Crippen LogP contribution in [0, 0.1) is 40.4 Å². The Labute approximate surface area is 180 Å². The Morgan fingerprint density at radius 1 is 0.966 bits per heavy atom. The molecule has 170 valence electrons. The standard InChI is InChI=1S/C26H49NO2/c1-18(2)8-6-7-9-20-10-11-22-25(20,5)15-13-23(26(22,27)17-28)24(4)14-12-21(29)16-19(24)3/h18-23,28-29H,6-17,27H2,1-5H3. The first-order valence-electron chi connectivity index (χ1n) is 12.7. The van der Waals surface area contributed by atoms with Gasteiger partial charge in [0.2, 0.25) is 0 Å². The molecule has 3 aliphatic rings. The summed E-state index contributed by atoms with van der Waals surface area (Å²) in [6, 6.07) is 0. The van der Waals surface area contributed by atoms with E-state index in [4.69, 9.17) is 5.73 Å². The van der Waals surface area contributed by atoms with E-state index in [1.54, 1.807) is 0 Å². The van der Waals surface area contributed by atoms with E-state index in [0.717, 1.165) is 37.5 Å². The maximum Gasteiger partial charge on any atom is 0.0617 e. The summed E-state index contributed by atoms with van der Waals surface area (Å²) in [7, 11) is 0. The third-order valence-electron chi connectivity index (χ3n) is 10.2. The molecule has 0 aromatic heterocycles. The van der Waals surface area contributed by atoms with Gasteiger partial charge in [-0.1, -0.05) is 53.9 Å². The highest BCUT2D eigenvalue weighted by molar-refractivity contribution is 5.15. The summed E-state index contributed by atoms with van der Waals surface area (Å²) in [5, 5.41) is 20.8. The van der Waals surface area contributed by atoms with Crippen molar-refractivity contribution in [2.75, 3.05) is 6.61 Å². The van der Waals surface area contributed by atoms with Crippen molar-refractivity contribution in [3.05, 3.63) is 0 Å². The van der Waals surface area contributed by atoms with Gasteiger partial charge in [-0.25, -0.2) is 0 Å². The van der Waals surface area contributed by atoms with E-state index < -0.39 is 5.54 Å². The molecule has 0 heterocycles. The molecule has 0 aromatic rings. The van der Waals surface area contributed by atoms with Crippen LogP contribution >= 0.6 is 0 Å². The van der Waals surface area contributed by atoms with E-state index in [0.29, 0.717) is 23.2 Å². The van der Waals surface area contributed by atoms with Crippen LogP contribution in [0.3, 0.4) is 0 Å². The molecule has 8 atom stereocenters. The SMILES string of the molecule is CC(C)CCCCC1CCC2C1(C)CCC(C1(C)CCC(O)CC1C)C2(N)CO. The summed E-state index contributed by atoms with van der Waals surface area (Å²) in [6.45, 7) is 12.0. The molecule has 0 bridgehead atoms. The van der Waals surface area contributed by atoms with E-state index in [1.165, 1.54) is 44.9 Å². The zero-order valence-electron chi connectivity index (χ0n) is 19.9. The van der Waals surface area contributed by atoms with Gasteiger partial charge < -0.3 is 15.9 Å². The zero-order chi connectivity index (χ0) is 21.4. The number of aliphatic hydroxyl groups is 2. The van der Waals surface area contributed by atoms with Gasteiger partial charge in [0, 0.05) is 5.54 Å². The van der Waals surface area contributed by atoms with Crippen LogP contribution in [0.15, 0.2) is 0 Å². The minimum absolute atomic E-state index is 0.114. The molecule has 3 rings (SSSR count). The highest BCUT2D eigenvalue weighted by Gasteiger charge is 2.63. The lowest BCUT2D eigenvalue weighted by Crippen LogP contribution is -2.67. The number of rotatable bonds is 7. The van der Waals surface area contributed by atoms with Gasteiger partial charge in [0.25, 0.3) is 0 Å². The Morgan fingerprint density at radius 3 is 2.24 bits per heavy atom. The summed E-state index contributed by atoms with van der Waals surface area (Å²) < 4.78 is 0. The molecular weight excluding hydrogens is 358 g/mol. The maximum atomic E-state index is 10.7. The number of aliphatic hydroxyl groups excluding tert-OH is 2. The number of nitrogens with two attached hydrogens (primary N) is 1. The monoisotopic (exact) mass is 407 g/mol. The molecule has 0 aromatic carbocycles. The average molecular weight is 408 g/mol. The summed E-state index contributed by atoms with van der Waals surface area (Å²) in [6.07, 6.45) is 12.9. The van der Waals surface area contributed by atoms with Crippen molar-refractivity contribution < 1.29 is 10.2 Å². The Balaban J connectivity index is 1.76. The molecule has 0 spiro atoms. The molecule has 0 aliphatic heterocycles. The van der Waals surface area contributed by atoms with Crippen molar-refractivity contribution in [2.24, 2.45) is 46.2 Å². The number of hydrogen-bond donors (Lipinski definition) is 3. The number of fused-ring (bicyclic) bond motifs is 1. The Bertz CT molecular complexity index is 551. The smallest absolute Gasteiger partial charge is 0.0617 e. The third-order valence-corrected chi connectivity index (χ3v) is 10.2. The molecule has 3 heteroatoms. The topological polar surface area (TPSA) is 66.5 Å². The van der Waals surface area contributed by atoms with Gasteiger partial charge in [-0.15, -0.1) is 0 Å². The normalized spacial score (nSPS) is 48.1. The molecule has 4 N–H and O–H groups in total. The van der Waals surface area contributed by atoms with Crippen molar-refractivity contribution in [3.63, 3.8) is 0 Å². The predicted molar refractivity (Wildman–Crippen MR) is 121 cm³/mol. The van der Waals surface area contributed by atoms with Crippen molar-refractivity contribution in [1.29, 1.82) is 0 Å². The first kappa shape index (κ1) is 23.5. The highest BCUT2D eigenvalue weighted by Crippen LogP contribution is 2.65. The fraction of sp³-hybridized carbons (Fsp3) is 1.00. The number of hydrogen-bond acceptors (Lipinski definition) is 3. The Morgan fingerprint density at radius 2 is 1.62 bits per heavy atom. The quantitative estimate of drug-likeness (QED) is 0.487. The van der Waals surface area contributed by atoms with Crippen LogP contribution in [0.25, 0.3) is 0 Å². The molecular formula is C26H49NO2. The van der Waals surface area contributed by atoms with E-state index >= 15 is 0 Å². The molecule has 3 fully saturated rings. The lowest BCUT2D eigenvalue weighted by molar-refractivity contribution is -0.116. The average Bonchev–Trinajstić information content (AvgIpc) is 3.00. The Hall–Kier alpha value is -0.120. The third kappa shape index (κ3) is 4.17. The molecule has 0 radical (unpaired) electrons. The van der Waals surface area contributed by atoms with E-state index in [-0.39, 0.29) is 18.1 Å². The minimum atomic E-state index is -0.467. The van der Waals surface area contributed by atoms with Gasteiger partial charge in [-0.2, -0.15) is 0 Å². The second kappa shape index (κ2) is 8.79. The summed E-state index contributed by atoms with van der Waals surface area (Å²) in [5.41, 5.74) is 7.19. The second-order valence-corrected chi connectivity index (χ2v) is 12.2. The lowest BCUT2D eigenvalue weighted by atomic mass is 9.46. The Kier molecular flexibility index (Phi) is 7.13. The van der Waals surface area contributed by atoms with E-state index in [2.05, 4.69) is 34.6 Å². The van der Waals surface area contributed by atoms with Crippen LogP contribution in [0.1, 0.15) is 105 Å². The van der Waals surface area contributed by atoms with Crippen LogP contribution in [0.4, 0.5) is 0 Å². The molecule has 0 amide bonds. The fourth-order valence-electron chi connectivity index (χ4n) is 8.16. The predicted octanol–water partition coefficient (Wildman–Crippen LogP) is 5.52. The minimum Gasteiger partial charge on any atom is -0.394 e. The number of unbranched alkanes of at least 4 members (excludes halogenated alkanes) is 1. The van der Waals surface area contributed by atoms with Gasteiger partial charge in [0.1, 0.15) is 0 Å².